The topological polar surface area (TPSA) is 68.5 Å². The molecule has 1 fully saturated rings. The van der Waals surface area contributed by atoms with Crippen LogP contribution in [0.25, 0.3) is 11.4 Å². The predicted octanol–water partition coefficient (Wildman–Crippen LogP) is 3.92. The third-order valence-electron chi connectivity index (χ3n) is 4.38. The summed E-state index contributed by atoms with van der Waals surface area (Å²) in [5, 5.41) is 4.68. The van der Waals surface area contributed by atoms with Crippen LogP contribution in [-0.4, -0.2) is 29.7 Å². The minimum absolute atomic E-state index is 0.0227. The number of hydrogen-bond donors (Lipinski definition) is 0. The molecule has 132 valence electrons. The van der Waals surface area contributed by atoms with Gasteiger partial charge in [-0.05, 0) is 36.4 Å². The van der Waals surface area contributed by atoms with Gasteiger partial charge in [0.25, 0.3) is 0 Å². The highest BCUT2D eigenvalue weighted by molar-refractivity contribution is 6.30. The van der Waals surface area contributed by atoms with E-state index in [9.17, 15) is 4.79 Å². The molecule has 3 aromatic rings. The summed E-state index contributed by atoms with van der Waals surface area (Å²) >= 11 is 5.90. The standard InChI is InChI=1S/C19H16ClN3O3/c1-25-16-4-2-3-15(10-16)23-11-13(9-17(23)24)19-21-18(22-26-19)12-5-7-14(20)8-6-12/h2-8,10,13H,9,11H2,1H3. The van der Waals surface area contributed by atoms with Gasteiger partial charge < -0.3 is 14.2 Å². The fraction of sp³-hybridized carbons (Fsp3) is 0.211. The van der Waals surface area contributed by atoms with E-state index < -0.39 is 0 Å². The SMILES string of the molecule is COc1cccc(N2CC(c3nc(-c4ccc(Cl)cc4)no3)CC2=O)c1. The maximum Gasteiger partial charge on any atom is 0.232 e. The van der Waals surface area contributed by atoms with Gasteiger partial charge in [-0.2, -0.15) is 4.98 Å². The number of rotatable bonds is 4. The lowest BCUT2D eigenvalue weighted by atomic mass is 10.1. The van der Waals surface area contributed by atoms with Crippen molar-refractivity contribution in [1.82, 2.24) is 10.1 Å². The van der Waals surface area contributed by atoms with Crippen molar-refractivity contribution in [2.75, 3.05) is 18.6 Å². The molecular formula is C19H16ClN3O3. The van der Waals surface area contributed by atoms with E-state index in [0.717, 1.165) is 11.3 Å². The van der Waals surface area contributed by atoms with Gasteiger partial charge in [-0.1, -0.05) is 22.8 Å². The zero-order valence-corrected chi connectivity index (χ0v) is 14.8. The van der Waals surface area contributed by atoms with Crippen molar-refractivity contribution in [1.29, 1.82) is 0 Å². The molecule has 6 nitrogen and oxygen atoms in total. The molecule has 1 aliphatic rings. The van der Waals surface area contributed by atoms with Gasteiger partial charge in [-0.15, -0.1) is 0 Å². The monoisotopic (exact) mass is 369 g/mol. The van der Waals surface area contributed by atoms with E-state index in [1.165, 1.54) is 0 Å². The molecule has 1 aliphatic heterocycles. The molecule has 0 N–H and O–H groups in total. The molecule has 1 amide bonds. The molecule has 1 atom stereocenters. The first-order valence-corrected chi connectivity index (χ1v) is 8.56. The van der Waals surface area contributed by atoms with Crippen molar-refractivity contribution in [3.63, 3.8) is 0 Å². The van der Waals surface area contributed by atoms with Crippen LogP contribution in [0.1, 0.15) is 18.2 Å². The van der Waals surface area contributed by atoms with Gasteiger partial charge in [0.05, 0.1) is 13.0 Å². The van der Waals surface area contributed by atoms with Gasteiger partial charge in [-0.3, -0.25) is 4.79 Å². The number of methoxy groups -OCH3 is 1. The van der Waals surface area contributed by atoms with E-state index in [4.69, 9.17) is 20.9 Å². The third-order valence-corrected chi connectivity index (χ3v) is 4.64. The van der Waals surface area contributed by atoms with E-state index in [1.807, 2.05) is 36.4 Å². The second-order valence-corrected chi connectivity index (χ2v) is 6.51. The number of nitrogens with zero attached hydrogens (tertiary/aromatic N) is 3. The molecule has 0 spiro atoms. The molecule has 1 aromatic heterocycles. The molecule has 0 bridgehead atoms. The summed E-state index contributed by atoms with van der Waals surface area (Å²) in [6.45, 7) is 0.494. The largest absolute Gasteiger partial charge is 0.497 e. The molecule has 2 heterocycles. The van der Waals surface area contributed by atoms with E-state index >= 15 is 0 Å². The van der Waals surface area contributed by atoms with Crippen molar-refractivity contribution in [2.45, 2.75) is 12.3 Å². The number of aromatic nitrogens is 2. The van der Waals surface area contributed by atoms with E-state index in [0.29, 0.717) is 35.5 Å². The van der Waals surface area contributed by atoms with E-state index in [2.05, 4.69) is 10.1 Å². The van der Waals surface area contributed by atoms with Crippen LogP contribution < -0.4 is 9.64 Å². The molecule has 0 aliphatic carbocycles. The number of amides is 1. The van der Waals surface area contributed by atoms with Gasteiger partial charge in [0, 0.05) is 35.3 Å². The second kappa shape index (κ2) is 6.80. The zero-order chi connectivity index (χ0) is 18.1. The lowest BCUT2D eigenvalue weighted by molar-refractivity contribution is -0.117. The Hall–Kier alpha value is -2.86. The lowest BCUT2D eigenvalue weighted by Crippen LogP contribution is -2.24. The average Bonchev–Trinajstić information content (AvgIpc) is 3.29. The highest BCUT2D eigenvalue weighted by atomic mass is 35.5. The number of carbonyl (C=O) groups excluding carboxylic acids is 1. The summed E-state index contributed by atoms with van der Waals surface area (Å²) in [7, 11) is 1.60. The molecule has 0 radical (unpaired) electrons. The Morgan fingerprint density at radius 3 is 2.81 bits per heavy atom. The van der Waals surface area contributed by atoms with E-state index in [-0.39, 0.29) is 11.8 Å². The average molecular weight is 370 g/mol. The minimum Gasteiger partial charge on any atom is -0.497 e. The molecule has 1 saturated heterocycles. The van der Waals surface area contributed by atoms with Crippen molar-refractivity contribution in [3.05, 3.63) is 59.4 Å². The Labute approximate surface area is 155 Å². The smallest absolute Gasteiger partial charge is 0.232 e. The van der Waals surface area contributed by atoms with Crippen molar-refractivity contribution in [3.8, 4) is 17.1 Å². The molecule has 0 saturated carbocycles. The molecule has 26 heavy (non-hydrogen) atoms. The predicted molar refractivity (Wildman–Crippen MR) is 97.4 cm³/mol. The number of carbonyl (C=O) groups is 1. The number of anilines is 1. The Morgan fingerprint density at radius 2 is 2.04 bits per heavy atom. The molecular weight excluding hydrogens is 354 g/mol. The lowest BCUT2D eigenvalue weighted by Gasteiger charge is -2.16. The summed E-state index contributed by atoms with van der Waals surface area (Å²) in [5.41, 5.74) is 1.62. The molecule has 1 unspecified atom stereocenters. The van der Waals surface area contributed by atoms with Crippen LogP contribution in [0.2, 0.25) is 5.02 Å². The number of ether oxygens (including phenoxy) is 1. The summed E-state index contributed by atoms with van der Waals surface area (Å²) in [5.74, 6) is 1.55. The molecule has 7 heteroatoms. The van der Waals surface area contributed by atoms with Gasteiger partial charge in [0.15, 0.2) is 0 Å². The minimum atomic E-state index is -0.137. The normalized spacial score (nSPS) is 16.9. The van der Waals surface area contributed by atoms with Gasteiger partial charge in [0.2, 0.25) is 17.6 Å². The van der Waals surface area contributed by atoms with Crippen molar-refractivity contribution >= 4 is 23.2 Å². The fourth-order valence-corrected chi connectivity index (χ4v) is 3.14. The Kier molecular flexibility index (Phi) is 4.34. The third kappa shape index (κ3) is 3.15. The first-order chi connectivity index (χ1) is 12.6. The number of halogens is 1. The van der Waals surface area contributed by atoms with Crippen LogP contribution in [0.15, 0.2) is 53.1 Å². The van der Waals surface area contributed by atoms with Crippen LogP contribution in [0, 0.1) is 0 Å². The Morgan fingerprint density at radius 1 is 1.23 bits per heavy atom. The quantitative estimate of drug-likeness (QED) is 0.697. The first-order valence-electron chi connectivity index (χ1n) is 8.18. The summed E-state index contributed by atoms with van der Waals surface area (Å²) in [4.78, 5) is 18.6. The van der Waals surface area contributed by atoms with Crippen molar-refractivity contribution < 1.29 is 14.1 Å². The van der Waals surface area contributed by atoms with Crippen LogP contribution in [0.5, 0.6) is 5.75 Å². The Balaban J connectivity index is 1.54. The second-order valence-electron chi connectivity index (χ2n) is 6.07. The van der Waals surface area contributed by atoms with Crippen LogP contribution >= 0.6 is 11.6 Å². The van der Waals surface area contributed by atoms with Gasteiger partial charge in [-0.25, -0.2) is 0 Å². The van der Waals surface area contributed by atoms with Crippen molar-refractivity contribution in [2.24, 2.45) is 0 Å². The fourth-order valence-electron chi connectivity index (χ4n) is 3.02. The molecule has 2 aromatic carbocycles. The highest BCUT2D eigenvalue weighted by Gasteiger charge is 2.35. The Bertz CT molecular complexity index is 939. The number of benzene rings is 2. The first kappa shape index (κ1) is 16.6. The molecule has 4 rings (SSSR count). The maximum absolute atomic E-state index is 12.5. The summed E-state index contributed by atoms with van der Waals surface area (Å²) in [6.07, 6.45) is 0.333. The number of hydrogen-bond acceptors (Lipinski definition) is 5. The van der Waals surface area contributed by atoms with Gasteiger partial charge >= 0.3 is 0 Å². The van der Waals surface area contributed by atoms with Crippen LogP contribution in [0.3, 0.4) is 0 Å². The maximum atomic E-state index is 12.5. The van der Waals surface area contributed by atoms with Crippen LogP contribution in [-0.2, 0) is 4.79 Å². The van der Waals surface area contributed by atoms with E-state index in [1.54, 1.807) is 24.1 Å². The summed E-state index contributed by atoms with van der Waals surface area (Å²) < 4.78 is 10.6. The van der Waals surface area contributed by atoms with Crippen LogP contribution in [0.4, 0.5) is 5.69 Å². The highest BCUT2D eigenvalue weighted by Crippen LogP contribution is 2.33. The van der Waals surface area contributed by atoms with Gasteiger partial charge in [0.1, 0.15) is 5.75 Å². The zero-order valence-electron chi connectivity index (χ0n) is 14.1. The summed E-state index contributed by atoms with van der Waals surface area (Å²) in [6, 6.07) is 14.6.